The van der Waals surface area contributed by atoms with Crippen LogP contribution in [0.2, 0.25) is 0 Å². The van der Waals surface area contributed by atoms with Gasteiger partial charge in [-0.25, -0.2) is 19.1 Å². The molecule has 144 valence electrons. The van der Waals surface area contributed by atoms with Crippen molar-refractivity contribution in [3.05, 3.63) is 30.2 Å². The lowest BCUT2D eigenvalue weighted by Crippen LogP contribution is -2.21. The first kappa shape index (κ1) is 22.6. The van der Waals surface area contributed by atoms with Crippen LogP contribution in [0.25, 0.3) is 5.65 Å². The lowest BCUT2D eigenvalue weighted by molar-refractivity contribution is -0.193. The highest BCUT2D eigenvalue weighted by Gasteiger charge is 2.38. The second-order valence-corrected chi connectivity index (χ2v) is 3.92. The maximum absolute atomic E-state index is 10.8. The molecule has 0 spiro atoms. The highest BCUT2D eigenvalue weighted by molar-refractivity contribution is 5.98. The Hall–Kier alpha value is -3.39. The maximum Gasteiger partial charge on any atom is 0.490 e. The van der Waals surface area contributed by atoms with Crippen LogP contribution >= 0.6 is 0 Å². The summed E-state index contributed by atoms with van der Waals surface area (Å²) < 4.78 is 65.0. The first-order valence-corrected chi connectivity index (χ1v) is 5.86. The molecule has 0 saturated heterocycles. The Morgan fingerprint density at radius 3 is 1.77 bits per heavy atom. The largest absolute Gasteiger partial charge is 0.490 e. The summed E-state index contributed by atoms with van der Waals surface area (Å²) in [6.07, 6.45) is -5.47. The molecule has 0 aromatic carbocycles. The molecule has 2 heterocycles. The van der Waals surface area contributed by atoms with E-state index in [4.69, 9.17) is 25.5 Å². The molecule has 0 saturated carbocycles. The smallest absolute Gasteiger partial charge is 0.475 e. The van der Waals surface area contributed by atoms with Crippen LogP contribution in [-0.4, -0.2) is 55.0 Å². The Kier molecular flexibility index (Phi) is 7.51. The third-order valence-corrected chi connectivity index (χ3v) is 2.03. The number of nitrogens with two attached hydrogens (primary N) is 1. The van der Waals surface area contributed by atoms with Gasteiger partial charge in [0.25, 0.3) is 5.91 Å². The number of primary amides is 1. The van der Waals surface area contributed by atoms with Crippen LogP contribution in [0, 0.1) is 0 Å². The van der Waals surface area contributed by atoms with E-state index in [-0.39, 0.29) is 0 Å². The van der Waals surface area contributed by atoms with E-state index in [0.29, 0.717) is 11.2 Å². The molecule has 0 bridgehead atoms. The zero-order chi connectivity index (χ0) is 20.7. The minimum atomic E-state index is -5.08. The lowest BCUT2D eigenvalue weighted by Gasteiger charge is -1.93. The first-order chi connectivity index (χ1) is 11.7. The molecule has 4 N–H and O–H groups in total. The highest BCUT2D eigenvalue weighted by Crippen LogP contribution is 2.13. The van der Waals surface area contributed by atoms with Gasteiger partial charge < -0.3 is 15.9 Å². The highest BCUT2D eigenvalue weighted by atomic mass is 19.4. The average molecular weight is 390 g/mol. The number of aliphatic carboxylic acids is 2. The van der Waals surface area contributed by atoms with Crippen molar-refractivity contribution in [1.82, 2.24) is 14.6 Å². The van der Waals surface area contributed by atoms with E-state index in [1.54, 1.807) is 18.5 Å². The molecule has 9 nitrogen and oxygen atoms in total. The van der Waals surface area contributed by atoms with Crippen molar-refractivity contribution in [1.29, 1.82) is 0 Å². The Balaban J connectivity index is 0.000000390. The third-order valence-electron chi connectivity index (χ3n) is 2.03. The molecule has 0 fully saturated rings. The van der Waals surface area contributed by atoms with E-state index >= 15 is 0 Å². The number of carboxylic acids is 2. The summed E-state index contributed by atoms with van der Waals surface area (Å²) in [5, 5.41) is 18.1. The molecule has 26 heavy (non-hydrogen) atoms. The van der Waals surface area contributed by atoms with Gasteiger partial charge in [-0.1, -0.05) is 0 Å². The molecule has 0 aliphatic carbocycles. The van der Waals surface area contributed by atoms with Crippen molar-refractivity contribution in [2.24, 2.45) is 5.73 Å². The van der Waals surface area contributed by atoms with Crippen LogP contribution in [0.5, 0.6) is 0 Å². The predicted molar refractivity (Wildman–Crippen MR) is 68.9 cm³/mol. The number of aromatic nitrogens is 3. The van der Waals surface area contributed by atoms with E-state index in [1.165, 1.54) is 10.7 Å². The molecule has 1 amide bonds. The zero-order valence-corrected chi connectivity index (χ0v) is 12.1. The number of carbonyl (C=O) groups excluding carboxylic acids is 1. The van der Waals surface area contributed by atoms with Crippen molar-refractivity contribution in [3.8, 4) is 0 Å². The first-order valence-electron chi connectivity index (χ1n) is 5.86. The molecule has 2 aromatic heterocycles. The Bertz CT molecular complexity index is 761. The van der Waals surface area contributed by atoms with Gasteiger partial charge in [-0.3, -0.25) is 4.79 Å². The Morgan fingerprint density at radius 2 is 1.42 bits per heavy atom. The van der Waals surface area contributed by atoms with Gasteiger partial charge in [-0.15, -0.1) is 0 Å². The molecule has 0 radical (unpaired) electrons. The molecule has 0 unspecified atom stereocenters. The summed E-state index contributed by atoms with van der Waals surface area (Å²) >= 11 is 0. The van der Waals surface area contributed by atoms with Gasteiger partial charge in [0.2, 0.25) is 0 Å². The number of halogens is 6. The van der Waals surface area contributed by atoms with Crippen LogP contribution < -0.4 is 5.73 Å². The van der Waals surface area contributed by atoms with Gasteiger partial charge in [0, 0.05) is 12.4 Å². The second-order valence-electron chi connectivity index (χ2n) is 3.92. The van der Waals surface area contributed by atoms with E-state index in [0.717, 1.165) is 0 Å². The molecule has 2 aromatic rings. The Morgan fingerprint density at radius 1 is 1.00 bits per heavy atom. The molecule has 15 heteroatoms. The fourth-order valence-electron chi connectivity index (χ4n) is 1.00. The van der Waals surface area contributed by atoms with E-state index in [9.17, 15) is 31.1 Å². The van der Waals surface area contributed by atoms with Crippen molar-refractivity contribution in [3.63, 3.8) is 0 Å². The number of carboxylic acid groups (broad SMARTS) is 2. The number of nitrogens with zero attached hydrogens (tertiary/aromatic N) is 3. The summed E-state index contributed by atoms with van der Waals surface area (Å²) in [4.78, 5) is 32.6. The summed E-state index contributed by atoms with van der Waals surface area (Å²) in [5.41, 5.74) is 5.93. The summed E-state index contributed by atoms with van der Waals surface area (Å²) in [5.74, 6) is -6.02. The van der Waals surface area contributed by atoms with Crippen molar-refractivity contribution < 1.29 is 50.9 Å². The van der Waals surface area contributed by atoms with E-state index in [1.807, 2.05) is 0 Å². The number of carbonyl (C=O) groups is 3. The zero-order valence-electron chi connectivity index (χ0n) is 12.1. The molecule has 0 atom stereocenters. The maximum atomic E-state index is 10.8. The molecular weight excluding hydrogens is 382 g/mol. The van der Waals surface area contributed by atoms with Gasteiger partial charge in [-0.05, 0) is 6.07 Å². The van der Waals surface area contributed by atoms with Crippen LogP contribution in [0.4, 0.5) is 26.3 Å². The summed E-state index contributed by atoms with van der Waals surface area (Å²) in [6.45, 7) is 0. The average Bonchev–Trinajstić information content (AvgIpc) is 2.90. The number of rotatable bonds is 1. The second kappa shape index (κ2) is 8.63. The quantitative estimate of drug-likeness (QED) is 0.618. The standard InChI is InChI=1S/C7H6N4O.2C2HF3O2/c8-6(12)5-4-10-11-3-1-2-9-7(5)11;2*3-2(4,5)1(6)7/h1-4H,(H2,8,12);2*(H,6,7). The predicted octanol–water partition coefficient (Wildman–Crippen LogP) is 1.09. The molecule has 0 aliphatic rings. The van der Waals surface area contributed by atoms with Crippen LogP contribution in [0.1, 0.15) is 10.4 Å². The summed E-state index contributed by atoms with van der Waals surface area (Å²) in [7, 11) is 0. The van der Waals surface area contributed by atoms with Gasteiger partial charge >= 0.3 is 24.3 Å². The topological polar surface area (TPSA) is 148 Å². The van der Waals surface area contributed by atoms with Crippen LogP contribution in [0.3, 0.4) is 0 Å². The fraction of sp³-hybridized carbons (Fsp3) is 0.182. The van der Waals surface area contributed by atoms with Crippen LogP contribution in [-0.2, 0) is 9.59 Å². The molecular formula is C11H8F6N4O5. The van der Waals surface area contributed by atoms with Gasteiger partial charge in [0.1, 0.15) is 5.56 Å². The normalized spacial score (nSPS) is 10.8. The molecule has 0 aliphatic heterocycles. The summed E-state index contributed by atoms with van der Waals surface area (Å²) in [6, 6.07) is 1.73. The monoisotopic (exact) mass is 390 g/mol. The van der Waals surface area contributed by atoms with Crippen molar-refractivity contribution >= 4 is 23.5 Å². The van der Waals surface area contributed by atoms with Crippen LogP contribution in [0.15, 0.2) is 24.7 Å². The van der Waals surface area contributed by atoms with E-state index in [2.05, 4.69) is 10.1 Å². The number of alkyl halides is 6. The Labute approximate surface area is 138 Å². The fourth-order valence-corrected chi connectivity index (χ4v) is 1.00. The van der Waals surface area contributed by atoms with Crippen molar-refractivity contribution in [2.75, 3.05) is 0 Å². The SMILES string of the molecule is NC(=O)c1cnn2cccnc12.O=C(O)C(F)(F)F.O=C(O)C(F)(F)F. The van der Waals surface area contributed by atoms with Gasteiger partial charge in [0.05, 0.1) is 6.20 Å². The number of amides is 1. The third kappa shape index (κ3) is 7.45. The number of fused-ring (bicyclic) bond motifs is 1. The van der Waals surface area contributed by atoms with Gasteiger partial charge in [-0.2, -0.15) is 31.4 Å². The van der Waals surface area contributed by atoms with Crippen molar-refractivity contribution in [2.45, 2.75) is 12.4 Å². The minimum absolute atomic E-state index is 0.343. The molecule has 2 rings (SSSR count). The number of hydrogen-bond acceptors (Lipinski definition) is 5. The van der Waals surface area contributed by atoms with E-state index < -0.39 is 30.2 Å². The van der Waals surface area contributed by atoms with Gasteiger partial charge in [0.15, 0.2) is 5.65 Å². The number of hydrogen-bond donors (Lipinski definition) is 3. The lowest BCUT2D eigenvalue weighted by atomic mass is 10.3. The minimum Gasteiger partial charge on any atom is -0.475 e.